The largest absolute Gasteiger partial charge is 0.370 e. The lowest BCUT2D eigenvalue weighted by atomic mass is 9.80. The zero-order valence-corrected chi connectivity index (χ0v) is 14.5. The molecule has 2 aromatic rings. The first-order valence-corrected chi connectivity index (χ1v) is 8.17. The van der Waals surface area contributed by atoms with Crippen LogP contribution in [0.2, 0.25) is 0 Å². The van der Waals surface area contributed by atoms with Gasteiger partial charge in [0.1, 0.15) is 5.69 Å². The summed E-state index contributed by atoms with van der Waals surface area (Å²) in [6.45, 7) is 10.7. The van der Waals surface area contributed by atoms with Gasteiger partial charge in [-0.15, -0.1) is 5.10 Å². The van der Waals surface area contributed by atoms with Gasteiger partial charge in [-0.1, -0.05) is 20.8 Å². The quantitative estimate of drug-likeness (QED) is 0.874. The third-order valence-electron chi connectivity index (χ3n) is 4.80. The Morgan fingerprint density at radius 2 is 2.00 bits per heavy atom. The number of rotatable bonds is 2. The molecule has 3 rings (SSSR count). The predicted octanol–water partition coefficient (Wildman–Crippen LogP) is 1.70. The molecule has 24 heavy (non-hydrogen) atoms. The van der Waals surface area contributed by atoms with Crippen LogP contribution < -0.4 is 16.1 Å². The highest BCUT2D eigenvalue weighted by Crippen LogP contribution is 2.36. The average molecular weight is 329 g/mol. The summed E-state index contributed by atoms with van der Waals surface area (Å²) in [6.07, 6.45) is 2.52. The van der Waals surface area contributed by atoms with Crippen molar-refractivity contribution in [3.63, 3.8) is 0 Å². The van der Waals surface area contributed by atoms with E-state index in [9.17, 15) is 9.59 Å². The van der Waals surface area contributed by atoms with Gasteiger partial charge >= 0.3 is 5.69 Å². The molecule has 1 fully saturated rings. The first-order chi connectivity index (χ1) is 11.3. The van der Waals surface area contributed by atoms with E-state index in [0.29, 0.717) is 17.2 Å². The zero-order chi connectivity index (χ0) is 17.5. The van der Waals surface area contributed by atoms with Gasteiger partial charge in [-0.2, -0.15) is 5.10 Å². The van der Waals surface area contributed by atoms with Crippen molar-refractivity contribution in [1.82, 2.24) is 20.2 Å². The zero-order valence-electron chi connectivity index (χ0n) is 14.5. The molecule has 0 aliphatic carbocycles. The van der Waals surface area contributed by atoms with Crippen LogP contribution in [0.15, 0.2) is 21.9 Å². The van der Waals surface area contributed by atoms with Crippen molar-refractivity contribution < 1.29 is 0 Å². The molecular weight excluding hydrogens is 306 g/mol. The van der Waals surface area contributed by atoms with Crippen molar-refractivity contribution in [1.29, 1.82) is 0 Å². The summed E-state index contributed by atoms with van der Waals surface area (Å²) in [5.74, 6) is 0.616. The Morgan fingerprint density at radius 3 is 2.62 bits per heavy atom. The highest BCUT2D eigenvalue weighted by molar-refractivity contribution is 5.64. The lowest BCUT2D eigenvalue weighted by molar-refractivity contribution is 0.263. The second kappa shape index (κ2) is 5.89. The Balaban J connectivity index is 1.96. The molecule has 3 heterocycles. The van der Waals surface area contributed by atoms with E-state index in [1.165, 1.54) is 6.20 Å². The highest BCUT2D eigenvalue weighted by Gasteiger charge is 2.32. The number of hydrogen-bond acceptors (Lipinski definition) is 5. The summed E-state index contributed by atoms with van der Waals surface area (Å²) >= 11 is 0. The molecule has 0 spiro atoms. The fourth-order valence-corrected chi connectivity index (χ4v) is 3.18. The van der Waals surface area contributed by atoms with Crippen LogP contribution in [0.3, 0.4) is 0 Å². The smallest absolute Gasteiger partial charge is 0.325 e. The fraction of sp³-hybridized carbons (Fsp3) is 0.529. The van der Waals surface area contributed by atoms with Gasteiger partial charge in [0.25, 0.3) is 5.56 Å². The van der Waals surface area contributed by atoms with Gasteiger partial charge in [-0.25, -0.2) is 4.79 Å². The van der Waals surface area contributed by atoms with E-state index in [1.54, 1.807) is 0 Å². The van der Waals surface area contributed by atoms with Crippen LogP contribution >= 0.6 is 0 Å². The SMILES string of the molecule is Cc1nnc(-c2c[nH]c(=O)[nH]c2=O)cc1N1CCC(C(C)(C)C)C1. The van der Waals surface area contributed by atoms with Crippen molar-refractivity contribution in [2.24, 2.45) is 11.3 Å². The van der Waals surface area contributed by atoms with E-state index in [2.05, 4.69) is 45.8 Å². The van der Waals surface area contributed by atoms with Crippen molar-refractivity contribution in [2.45, 2.75) is 34.1 Å². The van der Waals surface area contributed by atoms with Gasteiger partial charge in [-0.3, -0.25) is 9.78 Å². The number of nitrogens with one attached hydrogen (secondary N) is 2. The minimum absolute atomic E-state index is 0.266. The first-order valence-electron chi connectivity index (χ1n) is 8.17. The summed E-state index contributed by atoms with van der Waals surface area (Å²) in [7, 11) is 0. The molecule has 0 bridgehead atoms. The number of aromatic amines is 2. The number of anilines is 1. The summed E-state index contributed by atoms with van der Waals surface area (Å²) in [4.78, 5) is 30.2. The lowest BCUT2D eigenvalue weighted by Gasteiger charge is -2.27. The topological polar surface area (TPSA) is 94.7 Å². The minimum atomic E-state index is -0.531. The second-order valence-electron chi connectivity index (χ2n) is 7.48. The molecule has 1 atom stereocenters. The molecule has 0 aromatic carbocycles. The predicted molar refractivity (Wildman–Crippen MR) is 93.2 cm³/mol. The summed E-state index contributed by atoms with van der Waals surface area (Å²) in [5.41, 5.74) is 1.89. The Hall–Kier alpha value is -2.44. The molecule has 1 unspecified atom stereocenters. The molecule has 0 radical (unpaired) electrons. The van der Waals surface area contributed by atoms with Gasteiger partial charge in [0, 0.05) is 19.3 Å². The molecule has 0 amide bonds. The number of H-pyrrole nitrogens is 2. The summed E-state index contributed by atoms with van der Waals surface area (Å²) < 4.78 is 0. The highest BCUT2D eigenvalue weighted by atomic mass is 16.2. The molecule has 1 aliphatic rings. The number of nitrogens with zero attached hydrogens (tertiary/aromatic N) is 3. The lowest BCUT2D eigenvalue weighted by Crippen LogP contribution is -2.27. The van der Waals surface area contributed by atoms with Crippen LogP contribution in [0, 0.1) is 18.3 Å². The molecule has 128 valence electrons. The molecule has 7 heteroatoms. The summed E-state index contributed by atoms with van der Waals surface area (Å²) in [6, 6.07) is 1.89. The van der Waals surface area contributed by atoms with E-state index in [4.69, 9.17) is 0 Å². The standard InChI is InChI=1S/C17H23N5O2/c1-10-14(22-6-5-11(9-22)17(2,3)4)7-13(21-20-10)12-8-18-16(24)19-15(12)23/h7-8,11H,5-6,9H2,1-4H3,(H2,18,19,23,24). The van der Waals surface area contributed by atoms with Gasteiger partial charge in [0.15, 0.2) is 0 Å². The molecule has 1 saturated heterocycles. The number of aryl methyl sites for hydroxylation is 1. The minimum Gasteiger partial charge on any atom is -0.370 e. The van der Waals surface area contributed by atoms with Crippen molar-refractivity contribution in [3.8, 4) is 11.3 Å². The number of aromatic nitrogens is 4. The Kier molecular flexibility index (Phi) is 4.03. The van der Waals surface area contributed by atoms with Gasteiger partial charge in [-0.05, 0) is 30.7 Å². The maximum Gasteiger partial charge on any atom is 0.325 e. The maximum absolute atomic E-state index is 12.0. The fourth-order valence-electron chi connectivity index (χ4n) is 3.18. The monoisotopic (exact) mass is 329 g/mol. The Bertz CT molecular complexity index is 862. The Labute approximate surface area is 140 Å². The van der Waals surface area contributed by atoms with Crippen LogP contribution in [0.25, 0.3) is 11.3 Å². The van der Waals surface area contributed by atoms with Crippen molar-refractivity contribution in [2.75, 3.05) is 18.0 Å². The molecule has 1 aliphatic heterocycles. The van der Waals surface area contributed by atoms with Gasteiger partial charge in [0.05, 0.1) is 16.9 Å². The van der Waals surface area contributed by atoms with Crippen LogP contribution in [0.5, 0.6) is 0 Å². The molecule has 7 nitrogen and oxygen atoms in total. The molecule has 2 aromatic heterocycles. The second-order valence-corrected chi connectivity index (χ2v) is 7.48. The van der Waals surface area contributed by atoms with Crippen molar-refractivity contribution >= 4 is 5.69 Å². The third kappa shape index (κ3) is 3.11. The van der Waals surface area contributed by atoms with Gasteiger partial charge < -0.3 is 9.88 Å². The van der Waals surface area contributed by atoms with Crippen LogP contribution in [0.1, 0.15) is 32.9 Å². The van der Waals surface area contributed by atoms with E-state index in [-0.39, 0.29) is 5.41 Å². The molecular formula is C17H23N5O2. The third-order valence-corrected chi connectivity index (χ3v) is 4.80. The molecule has 0 saturated carbocycles. The molecule has 2 N–H and O–H groups in total. The van der Waals surface area contributed by atoms with E-state index in [1.807, 2.05) is 13.0 Å². The number of hydrogen-bond donors (Lipinski definition) is 2. The van der Waals surface area contributed by atoms with E-state index >= 15 is 0 Å². The first kappa shape index (κ1) is 16.4. The summed E-state index contributed by atoms with van der Waals surface area (Å²) in [5, 5.41) is 8.33. The normalized spacial score (nSPS) is 18.2. The van der Waals surface area contributed by atoms with Crippen LogP contribution in [0.4, 0.5) is 5.69 Å². The van der Waals surface area contributed by atoms with Crippen molar-refractivity contribution in [3.05, 3.63) is 38.8 Å². The Morgan fingerprint density at radius 1 is 1.25 bits per heavy atom. The van der Waals surface area contributed by atoms with E-state index in [0.717, 1.165) is 30.9 Å². The average Bonchev–Trinajstić information content (AvgIpc) is 2.98. The van der Waals surface area contributed by atoms with Crippen LogP contribution in [-0.4, -0.2) is 33.3 Å². The van der Waals surface area contributed by atoms with Crippen LogP contribution in [-0.2, 0) is 0 Å². The maximum atomic E-state index is 12.0. The van der Waals surface area contributed by atoms with E-state index < -0.39 is 11.2 Å². The van der Waals surface area contributed by atoms with Gasteiger partial charge in [0.2, 0.25) is 0 Å².